The Labute approximate surface area is 89.8 Å². The van der Waals surface area contributed by atoms with Crippen molar-refractivity contribution in [3.63, 3.8) is 0 Å². The maximum absolute atomic E-state index is 8.77. The number of nitriles is 1. The van der Waals surface area contributed by atoms with E-state index >= 15 is 0 Å². The molecule has 15 heavy (non-hydrogen) atoms. The van der Waals surface area contributed by atoms with Crippen LogP contribution >= 0.6 is 0 Å². The van der Waals surface area contributed by atoms with Gasteiger partial charge in [0.15, 0.2) is 0 Å². The van der Waals surface area contributed by atoms with Gasteiger partial charge in [-0.05, 0) is 30.7 Å². The van der Waals surface area contributed by atoms with Crippen LogP contribution < -0.4 is 4.90 Å². The first-order valence-electron chi connectivity index (χ1n) is 4.86. The van der Waals surface area contributed by atoms with Gasteiger partial charge in [-0.3, -0.25) is 0 Å². The summed E-state index contributed by atoms with van der Waals surface area (Å²) in [6, 6.07) is 7.92. The first-order valence-corrected chi connectivity index (χ1v) is 4.86. The number of nitrogens with zero attached hydrogens (tertiary/aromatic N) is 3. The maximum Gasteiger partial charge on any atom is 0.0991 e. The fourth-order valence-electron chi connectivity index (χ4n) is 1.73. The second-order valence-corrected chi connectivity index (χ2v) is 3.78. The van der Waals surface area contributed by atoms with Crippen LogP contribution in [0.15, 0.2) is 30.6 Å². The van der Waals surface area contributed by atoms with E-state index in [0.29, 0.717) is 5.56 Å². The van der Waals surface area contributed by atoms with E-state index in [4.69, 9.17) is 5.26 Å². The summed E-state index contributed by atoms with van der Waals surface area (Å²) in [5, 5.41) is 8.77. The van der Waals surface area contributed by atoms with Crippen LogP contribution in [0.1, 0.15) is 11.1 Å². The molecule has 0 aromatic heterocycles. The molecule has 0 radical (unpaired) electrons. The molecule has 0 saturated carbocycles. The molecule has 76 valence electrons. The lowest BCUT2D eigenvalue weighted by Gasteiger charge is -2.20. The largest absolute Gasteiger partial charge is 0.361 e. The summed E-state index contributed by atoms with van der Waals surface area (Å²) < 4.78 is 0. The second kappa shape index (κ2) is 3.66. The first kappa shape index (κ1) is 9.60. The molecule has 0 N–H and O–H groups in total. The highest BCUT2D eigenvalue weighted by molar-refractivity contribution is 5.58. The van der Waals surface area contributed by atoms with E-state index < -0.39 is 0 Å². The number of hydrogen-bond donors (Lipinski definition) is 0. The van der Waals surface area contributed by atoms with Crippen LogP contribution in [0, 0.1) is 18.3 Å². The Kier molecular flexibility index (Phi) is 2.34. The molecule has 1 aromatic carbocycles. The topological polar surface area (TPSA) is 30.3 Å². The molecule has 0 spiro atoms. The van der Waals surface area contributed by atoms with E-state index in [-0.39, 0.29) is 0 Å². The standard InChI is InChI=1S/C12H13N3/c1-10-7-11(8-13)3-4-12(10)15-6-5-14(2)9-15/h3-7H,9H2,1-2H3. The molecule has 1 aliphatic heterocycles. The van der Waals surface area contributed by atoms with Gasteiger partial charge in [-0.25, -0.2) is 0 Å². The Balaban J connectivity index is 2.31. The van der Waals surface area contributed by atoms with E-state index in [1.807, 2.05) is 44.6 Å². The van der Waals surface area contributed by atoms with Crippen LogP contribution in [-0.4, -0.2) is 18.6 Å². The third kappa shape index (κ3) is 1.79. The van der Waals surface area contributed by atoms with Crippen molar-refractivity contribution in [1.29, 1.82) is 5.26 Å². The van der Waals surface area contributed by atoms with E-state index in [9.17, 15) is 0 Å². The summed E-state index contributed by atoms with van der Waals surface area (Å²) in [4.78, 5) is 4.27. The molecule has 0 amide bonds. The highest BCUT2D eigenvalue weighted by atomic mass is 15.3. The van der Waals surface area contributed by atoms with Gasteiger partial charge in [0.25, 0.3) is 0 Å². The smallest absolute Gasteiger partial charge is 0.0991 e. The van der Waals surface area contributed by atoms with Gasteiger partial charge in [-0.15, -0.1) is 0 Å². The quantitative estimate of drug-likeness (QED) is 0.693. The maximum atomic E-state index is 8.77. The predicted octanol–water partition coefficient (Wildman–Crippen LogP) is 2.05. The minimum absolute atomic E-state index is 0.716. The number of benzene rings is 1. The van der Waals surface area contributed by atoms with Crippen molar-refractivity contribution in [2.24, 2.45) is 0 Å². The number of anilines is 1. The zero-order valence-electron chi connectivity index (χ0n) is 8.94. The molecular weight excluding hydrogens is 186 g/mol. The molecule has 1 aromatic rings. The van der Waals surface area contributed by atoms with Crippen molar-refractivity contribution >= 4 is 5.69 Å². The van der Waals surface area contributed by atoms with Crippen molar-refractivity contribution in [2.75, 3.05) is 18.6 Å². The van der Waals surface area contributed by atoms with Crippen molar-refractivity contribution in [1.82, 2.24) is 4.90 Å². The molecule has 3 nitrogen and oxygen atoms in total. The fourth-order valence-corrected chi connectivity index (χ4v) is 1.73. The molecule has 2 rings (SSSR count). The zero-order valence-corrected chi connectivity index (χ0v) is 8.94. The normalized spacial score (nSPS) is 14.5. The van der Waals surface area contributed by atoms with Crippen molar-refractivity contribution < 1.29 is 0 Å². The minimum atomic E-state index is 0.716. The monoisotopic (exact) mass is 199 g/mol. The first-order chi connectivity index (χ1) is 7.20. The Hall–Kier alpha value is -1.95. The van der Waals surface area contributed by atoms with Crippen LogP contribution in [0.25, 0.3) is 0 Å². The average molecular weight is 199 g/mol. The van der Waals surface area contributed by atoms with Crippen LogP contribution in [0.4, 0.5) is 5.69 Å². The van der Waals surface area contributed by atoms with E-state index in [2.05, 4.69) is 15.9 Å². The molecule has 0 unspecified atom stereocenters. The molecule has 1 aliphatic rings. The summed E-state index contributed by atoms with van der Waals surface area (Å²) in [5.41, 5.74) is 3.01. The van der Waals surface area contributed by atoms with Gasteiger partial charge in [0.05, 0.1) is 18.3 Å². The van der Waals surface area contributed by atoms with Gasteiger partial charge >= 0.3 is 0 Å². The van der Waals surface area contributed by atoms with Crippen LogP contribution in [0.2, 0.25) is 0 Å². The lowest BCUT2D eigenvalue weighted by Crippen LogP contribution is -2.22. The van der Waals surface area contributed by atoms with Crippen molar-refractivity contribution in [3.05, 3.63) is 41.7 Å². The molecule has 1 heterocycles. The van der Waals surface area contributed by atoms with Crippen LogP contribution in [0.3, 0.4) is 0 Å². The highest BCUT2D eigenvalue weighted by Gasteiger charge is 2.12. The third-order valence-corrected chi connectivity index (χ3v) is 2.51. The van der Waals surface area contributed by atoms with Crippen LogP contribution in [-0.2, 0) is 0 Å². The molecule has 3 heteroatoms. The summed E-state index contributed by atoms with van der Waals surface area (Å²) in [7, 11) is 2.04. The zero-order chi connectivity index (χ0) is 10.8. The number of aryl methyl sites for hydroxylation is 1. The summed E-state index contributed by atoms with van der Waals surface area (Å²) >= 11 is 0. The van der Waals surface area contributed by atoms with Gasteiger partial charge in [-0.1, -0.05) is 0 Å². The Morgan fingerprint density at radius 2 is 2.13 bits per heavy atom. The lowest BCUT2D eigenvalue weighted by atomic mass is 10.1. The molecule has 0 bridgehead atoms. The summed E-state index contributed by atoms with van der Waals surface area (Å²) in [6.07, 6.45) is 4.09. The van der Waals surface area contributed by atoms with Crippen LogP contribution in [0.5, 0.6) is 0 Å². The van der Waals surface area contributed by atoms with Gasteiger partial charge < -0.3 is 9.80 Å². The SMILES string of the molecule is Cc1cc(C#N)ccc1N1C=CN(C)C1. The average Bonchev–Trinajstić information content (AvgIpc) is 2.64. The fraction of sp³-hybridized carbons (Fsp3) is 0.250. The molecule has 0 atom stereocenters. The minimum Gasteiger partial charge on any atom is -0.361 e. The van der Waals surface area contributed by atoms with Gasteiger partial charge in [0.2, 0.25) is 0 Å². The van der Waals surface area contributed by atoms with Gasteiger partial charge in [0.1, 0.15) is 0 Å². The van der Waals surface area contributed by atoms with E-state index in [1.165, 1.54) is 0 Å². The molecule has 0 saturated heterocycles. The Morgan fingerprint density at radius 3 is 2.67 bits per heavy atom. The summed E-state index contributed by atoms with van der Waals surface area (Å²) in [5.74, 6) is 0. The third-order valence-electron chi connectivity index (χ3n) is 2.51. The van der Waals surface area contributed by atoms with E-state index in [1.54, 1.807) is 0 Å². The number of rotatable bonds is 1. The van der Waals surface area contributed by atoms with Crippen molar-refractivity contribution in [2.45, 2.75) is 6.92 Å². The van der Waals surface area contributed by atoms with Crippen molar-refractivity contribution in [3.8, 4) is 6.07 Å². The molecular formula is C12H13N3. The van der Waals surface area contributed by atoms with E-state index in [0.717, 1.165) is 17.9 Å². The summed E-state index contributed by atoms with van der Waals surface area (Å²) in [6.45, 7) is 2.90. The second-order valence-electron chi connectivity index (χ2n) is 3.78. The lowest BCUT2D eigenvalue weighted by molar-refractivity contribution is 0.495. The molecule has 0 fully saturated rings. The highest BCUT2D eigenvalue weighted by Crippen LogP contribution is 2.23. The van der Waals surface area contributed by atoms with Gasteiger partial charge in [0, 0.05) is 25.1 Å². The predicted molar refractivity (Wildman–Crippen MR) is 60.1 cm³/mol. The Bertz CT molecular complexity index is 443. The number of hydrogen-bond acceptors (Lipinski definition) is 3. The van der Waals surface area contributed by atoms with Gasteiger partial charge in [-0.2, -0.15) is 5.26 Å². The molecule has 0 aliphatic carbocycles. The Morgan fingerprint density at radius 1 is 1.33 bits per heavy atom.